The van der Waals surface area contributed by atoms with Gasteiger partial charge in [0.15, 0.2) is 11.5 Å². The molecule has 0 bridgehead atoms. The van der Waals surface area contributed by atoms with Crippen LogP contribution >= 0.6 is 23.2 Å². The van der Waals surface area contributed by atoms with Crippen LogP contribution < -0.4 is 14.2 Å². The van der Waals surface area contributed by atoms with Crippen molar-refractivity contribution in [2.45, 2.75) is 24.1 Å². The summed E-state index contributed by atoms with van der Waals surface area (Å²) in [4.78, 5) is 22.5. The summed E-state index contributed by atoms with van der Waals surface area (Å²) in [7, 11) is 2.92. The van der Waals surface area contributed by atoms with Gasteiger partial charge in [-0.15, -0.1) is 23.2 Å². The Labute approximate surface area is 144 Å². The molecule has 6 nitrogen and oxygen atoms in total. The molecule has 0 aliphatic rings. The third-order valence-corrected chi connectivity index (χ3v) is 2.98. The van der Waals surface area contributed by atoms with Crippen molar-refractivity contribution in [1.82, 2.24) is 0 Å². The van der Waals surface area contributed by atoms with Crippen molar-refractivity contribution in [2.24, 2.45) is 0 Å². The highest BCUT2D eigenvalue weighted by Gasteiger charge is 2.16. The lowest BCUT2D eigenvalue weighted by atomic mass is 10.2. The molecule has 1 aromatic rings. The Hall–Kier alpha value is -1.66. The average molecular weight is 365 g/mol. The lowest BCUT2D eigenvalue weighted by molar-refractivity contribution is -0.143. The van der Waals surface area contributed by atoms with Gasteiger partial charge in [-0.05, 0) is 18.6 Å². The van der Waals surface area contributed by atoms with Gasteiger partial charge in [0.1, 0.15) is 11.4 Å². The predicted molar refractivity (Wildman–Crippen MR) is 85.5 cm³/mol. The van der Waals surface area contributed by atoms with Crippen molar-refractivity contribution >= 4 is 35.1 Å². The van der Waals surface area contributed by atoms with E-state index in [2.05, 4.69) is 0 Å². The van der Waals surface area contributed by atoms with E-state index >= 15 is 0 Å². The molecule has 0 aliphatic heterocycles. The third kappa shape index (κ3) is 6.97. The number of carbonyl (C=O) groups excluding carboxylic acids is 2. The molecule has 0 aromatic heterocycles. The van der Waals surface area contributed by atoms with E-state index in [-0.39, 0.29) is 31.6 Å². The van der Waals surface area contributed by atoms with Crippen LogP contribution in [0.3, 0.4) is 0 Å². The van der Waals surface area contributed by atoms with Gasteiger partial charge in [0.05, 0.1) is 14.2 Å². The molecular formula is C15H18Cl2O6. The molecule has 0 fully saturated rings. The molecule has 0 N–H and O–H groups in total. The molecule has 1 aromatic carbocycles. The Morgan fingerprint density at radius 1 is 1.04 bits per heavy atom. The molecule has 23 heavy (non-hydrogen) atoms. The fraction of sp³-hybridized carbons (Fsp3) is 0.467. The molecule has 0 unspecified atom stereocenters. The summed E-state index contributed by atoms with van der Waals surface area (Å²) in [6.07, 6.45) is 0.393. The number of rotatable bonds is 9. The van der Waals surface area contributed by atoms with Crippen molar-refractivity contribution in [2.75, 3.05) is 20.8 Å². The van der Waals surface area contributed by atoms with Gasteiger partial charge in [-0.3, -0.25) is 9.59 Å². The van der Waals surface area contributed by atoms with E-state index in [4.69, 9.17) is 42.1 Å². The van der Waals surface area contributed by atoms with Gasteiger partial charge < -0.3 is 18.9 Å². The highest BCUT2D eigenvalue weighted by molar-refractivity contribution is 6.44. The van der Waals surface area contributed by atoms with Gasteiger partial charge in [0.25, 0.3) is 0 Å². The van der Waals surface area contributed by atoms with Crippen LogP contribution in [0.15, 0.2) is 18.2 Å². The first-order valence-corrected chi connectivity index (χ1v) is 7.70. The van der Waals surface area contributed by atoms with Gasteiger partial charge in [0, 0.05) is 12.8 Å². The molecule has 0 heterocycles. The fourth-order valence-electron chi connectivity index (χ4n) is 1.69. The molecule has 0 saturated heterocycles. The third-order valence-electron chi connectivity index (χ3n) is 2.73. The maximum atomic E-state index is 11.9. The van der Waals surface area contributed by atoms with Crippen LogP contribution in [0.2, 0.25) is 0 Å². The first-order valence-electron chi connectivity index (χ1n) is 6.83. The van der Waals surface area contributed by atoms with Crippen molar-refractivity contribution < 1.29 is 28.5 Å². The molecule has 0 spiro atoms. The van der Waals surface area contributed by atoms with Gasteiger partial charge in [0.2, 0.25) is 5.75 Å². The van der Waals surface area contributed by atoms with Crippen LogP contribution in [-0.4, -0.2) is 37.6 Å². The van der Waals surface area contributed by atoms with Crippen molar-refractivity contribution in [3.63, 3.8) is 0 Å². The van der Waals surface area contributed by atoms with Crippen molar-refractivity contribution in [3.05, 3.63) is 18.2 Å². The van der Waals surface area contributed by atoms with Crippen LogP contribution in [0.1, 0.15) is 19.3 Å². The summed E-state index contributed by atoms with van der Waals surface area (Å²) >= 11 is 10.9. The maximum Gasteiger partial charge on any atom is 0.311 e. The quantitative estimate of drug-likeness (QED) is 0.380. The molecule has 128 valence electrons. The minimum absolute atomic E-state index is 0.0431. The van der Waals surface area contributed by atoms with Crippen molar-refractivity contribution in [1.29, 1.82) is 0 Å². The van der Waals surface area contributed by atoms with Gasteiger partial charge in [-0.25, -0.2) is 0 Å². The number of alkyl halides is 2. The van der Waals surface area contributed by atoms with E-state index in [0.29, 0.717) is 11.5 Å². The fourth-order valence-corrected chi connectivity index (χ4v) is 1.81. The second-order valence-electron chi connectivity index (χ2n) is 4.39. The minimum Gasteiger partial charge on any atom is -0.493 e. The number of methoxy groups -OCH3 is 2. The van der Waals surface area contributed by atoms with Crippen LogP contribution in [0, 0.1) is 0 Å². The zero-order valence-electron chi connectivity index (χ0n) is 12.8. The second-order valence-corrected chi connectivity index (χ2v) is 5.67. The van der Waals surface area contributed by atoms with Gasteiger partial charge >= 0.3 is 11.9 Å². The summed E-state index contributed by atoms with van der Waals surface area (Å²) in [5.41, 5.74) is 0. The van der Waals surface area contributed by atoms with Crippen LogP contribution in [-0.2, 0) is 14.3 Å². The number of hydrogen-bond donors (Lipinski definition) is 0. The number of hydrogen-bond acceptors (Lipinski definition) is 6. The zero-order valence-corrected chi connectivity index (χ0v) is 14.4. The van der Waals surface area contributed by atoms with E-state index in [1.54, 1.807) is 18.2 Å². The largest absolute Gasteiger partial charge is 0.493 e. The number of esters is 2. The second kappa shape index (κ2) is 10.2. The van der Waals surface area contributed by atoms with E-state index in [9.17, 15) is 9.59 Å². The summed E-state index contributed by atoms with van der Waals surface area (Å²) < 4.78 is 20.3. The Morgan fingerprint density at radius 2 is 1.61 bits per heavy atom. The van der Waals surface area contributed by atoms with Crippen molar-refractivity contribution in [3.8, 4) is 17.2 Å². The summed E-state index contributed by atoms with van der Waals surface area (Å²) in [5, 5.41) is 0. The monoisotopic (exact) mass is 364 g/mol. The number of halogens is 2. The number of ether oxygens (including phenoxy) is 4. The van der Waals surface area contributed by atoms with Gasteiger partial charge in [-0.1, -0.05) is 6.07 Å². The van der Waals surface area contributed by atoms with Crippen LogP contribution in [0.4, 0.5) is 0 Å². The molecule has 1 rings (SSSR count). The highest BCUT2D eigenvalue weighted by Crippen LogP contribution is 2.37. The van der Waals surface area contributed by atoms with Crippen LogP contribution in [0.25, 0.3) is 0 Å². The number of para-hydroxylation sites is 1. The summed E-state index contributed by atoms with van der Waals surface area (Å²) in [6.45, 7) is -0.0786. The average Bonchev–Trinajstić information content (AvgIpc) is 2.53. The predicted octanol–water partition coefficient (Wildman–Crippen LogP) is 3.13. The van der Waals surface area contributed by atoms with E-state index in [1.807, 2.05) is 0 Å². The Morgan fingerprint density at radius 3 is 2.13 bits per heavy atom. The lowest BCUT2D eigenvalue weighted by Gasteiger charge is -2.12. The zero-order chi connectivity index (χ0) is 17.2. The molecular weight excluding hydrogens is 347 g/mol. The standard InChI is InChI=1S/C15H18Cl2O6/c1-20-10-5-3-6-11(21-2)15(10)23-14(19)8-4-7-13(18)22-9-12(16)17/h3,5-6,12H,4,7-9H2,1-2H3. The Balaban J connectivity index is 2.47. The molecule has 0 saturated carbocycles. The lowest BCUT2D eigenvalue weighted by Crippen LogP contribution is -2.13. The number of benzene rings is 1. The van der Waals surface area contributed by atoms with E-state index in [1.165, 1.54) is 14.2 Å². The molecule has 0 radical (unpaired) electrons. The minimum atomic E-state index is -0.762. The first-order chi connectivity index (χ1) is 11.0. The smallest absolute Gasteiger partial charge is 0.311 e. The molecule has 0 atom stereocenters. The molecule has 8 heteroatoms. The summed E-state index contributed by atoms with van der Waals surface area (Å²) in [5.74, 6) is -0.0101. The van der Waals surface area contributed by atoms with E-state index in [0.717, 1.165) is 0 Å². The topological polar surface area (TPSA) is 71.1 Å². The molecule has 0 aliphatic carbocycles. The summed E-state index contributed by atoms with van der Waals surface area (Å²) in [6, 6.07) is 5.01. The Kier molecular flexibility index (Phi) is 8.58. The first kappa shape index (κ1) is 19.4. The normalized spacial score (nSPS) is 10.3. The Bertz CT molecular complexity index is 510. The van der Waals surface area contributed by atoms with Gasteiger partial charge in [-0.2, -0.15) is 0 Å². The maximum absolute atomic E-state index is 11.9. The number of carbonyl (C=O) groups is 2. The molecule has 0 amide bonds. The highest BCUT2D eigenvalue weighted by atomic mass is 35.5. The SMILES string of the molecule is COc1cccc(OC)c1OC(=O)CCCC(=O)OCC(Cl)Cl. The van der Waals surface area contributed by atoms with E-state index < -0.39 is 16.8 Å². The van der Waals surface area contributed by atoms with Crippen LogP contribution in [0.5, 0.6) is 17.2 Å².